The molecule has 142 valence electrons. The number of morpholine rings is 1. The molecule has 1 aromatic carbocycles. The second-order valence-corrected chi connectivity index (χ2v) is 6.16. The third kappa shape index (κ3) is 5.42. The standard InChI is InChI=1S/C19H23N5O3/c1-14(25)22-16-5-2-6-17(12-16)23-19(26)21-13-15-4-3-7-20-18(15)24-8-10-27-11-9-24/h2-7,12H,8-11,13H2,1H3,(H,22,25)(H2,21,23,26). The Labute approximate surface area is 157 Å². The fourth-order valence-corrected chi connectivity index (χ4v) is 2.86. The summed E-state index contributed by atoms with van der Waals surface area (Å²) in [4.78, 5) is 30.0. The lowest BCUT2D eigenvalue weighted by atomic mass is 10.2. The molecule has 1 aliphatic heterocycles. The average molecular weight is 369 g/mol. The lowest BCUT2D eigenvalue weighted by molar-refractivity contribution is -0.114. The van der Waals surface area contributed by atoms with Gasteiger partial charge in [0.25, 0.3) is 0 Å². The molecule has 3 N–H and O–H groups in total. The molecule has 0 saturated carbocycles. The molecule has 0 radical (unpaired) electrons. The minimum atomic E-state index is -0.327. The molecule has 1 saturated heterocycles. The highest BCUT2D eigenvalue weighted by molar-refractivity contribution is 5.92. The fourth-order valence-electron chi connectivity index (χ4n) is 2.86. The molecule has 8 nitrogen and oxygen atoms in total. The summed E-state index contributed by atoms with van der Waals surface area (Å²) < 4.78 is 5.38. The Morgan fingerprint density at radius 1 is 1.11 bits per heavy atom. The zero-order valence-corrected chi connectivity index (χ0v) is 15.2. The molecule has 2 heterocycles. The minimum Gasteiger partial charge on any atom is -0.378 e. The molecule has 3 amide bonds. The normalized spacial score (nSPS) is 13.7. The van der Waals surface area contributed by atoms with Gasteiger partial charge in [-0.3, -0.25) is 4.79 Å². The summed E-state index contributed by atoms with van der Waals surface area (Å²) in [5, 5.41) is 8.31. The van der Waals surface area contributed by atoms with Crippen LogP contribution in [0.4, 0.5) is 22.0 Å². The summed E-state index contributed by atoms with van der Waals surface area (Å²) in [7, 11) is 0. The monoisotopic (exact) mass is 369 g/mol. The van der Waals surface area contributed by atoms with Gasteiger partial charge in [-0.1, -0.05) is 12.1 Å². The highest BCUT2D eigenvalue weighted by atomic mass is 16.5. The van der Waals surface area contributed by atoms with E-state index >= 15 is 0 Å². The van der Waals surface area contributed by atoms with Crippen LogP contribution in [0, 0.1) is 0 Å². The summed E-state index contributed by atoms with van der Waals surface area (Å²) in [6.07, 6.45) is 1.75. The number of benzene rings is 1. The second-order valence-electron chi connectivity index (χ2n) is 6.16. The number of pyridine rings is 1. The van der Waals surface area contributed by atoms with Gasteiger partial charge in [0.15, 0.2) is 0 Å². The van der Waals surface area contributed by atoms with E-state index < -0.39 is 0 Å². The van der Waals surface area contributed by atoms with Crippen LogP contribution in [-0.4, -0.2) is 43.2 Å². The number of rotatable bonds is 5. The van der Waals surface area contributed by atoms with Gasteiger partial charge < -0.3 is 25.6 Å². The Morgan fingerprint density at radius 3 is 2.59 bits per heavy atom. The van der Waals surface area contributed by atoms with Gasteiger partial charge in [0.05, 0.1) is 13.2 Å². The largest absolute Gasteiger partial charge is 0.378 e. The summed E-state index contributed by atoms with van der Waals surface area (Å²) in [5.74, 6) is 0.706. The van der Waals surface area contributed by atoms with Crippen molar-refractivity contribution in [3.8, 4) is 0 Å². The number of carbonyl (C=O) groups excluding carboxylic acids is 2. The molecular weight excluding hydrogens is 346 g/mol. The number of urea groups is 1. The summed E-state index contributed by atoms with van der Waals surface area (Å²) >= 11 is 0. The van der Waals surface area contributed by atoms with Crippen LogP contribution in [0.5, 0.6) is 0 Å². The van der Waals surface area contributed by atoms with Crippen molar-refractivity contribution in [2.45, 2.75) is 13.5 Å². The van der Waals surface area contributed by atoms with Crippen LogP contribution in [-0.2, 0) is 16.1 Å². The van der Waals surface area contributed by atoms with Crippen LogP contribution in [0.2, 0.25) is 0 Å². The Balaban J connectivity index is 1.59. The topological polar surface area (TPSA) is 95.6 Å². The van der Waals surface area contributed by atoms with Crippen molar-refractivity contribution >= 4 is 29.1 Å². The SMILES string of the molecule is CC(=O)Nc1cccc(NC(=O)NCc2cccnc2N2CCOCC2)c1. The molecule has 1 fully saturated rings. The maximum Gasteiger partial charge on any atom is 0.319 e. The fraction of sp³-hybridized carbons (Fsp3) is 0.316. The summed E-state index contributed by atoms with van der Waals surface area (Å²) in [5.41, 5.74) is 2.17. The third-order valence-corrected chi connectivity index (χ3v) is 4.06. The van der Waals surface area contributed by atoms with Crippen molar-refractivity contribution < 1.29 is 14.3 Å². The Hall–Kier alpha value is -3.13. The number of nitrogens with zero attached hydrogens (tertiary/aromatic N) is 2. The molecule has 2 aromatic rings. The molecule has 3 rings (SSSR count). The molecular formula is C19H23N5O3. The summed E-state index contributed by atoms with van der Waals surface area (Å²) in [6.45, 7) is 4.71. The van der Waals surface area contributed by atoms with Crippen LogP contribution >= 0.6 is 0 Å². The number of hydrogen-bond acceptors (Lipinski definition) is 5. The first kappa shape index (κ1) is 18.7. The van der Waals surface area contributed by atoms with E-state index in [1.165, 1.54) is 6.92 Å². The van der Waals surface area contributed by atoms with Crippen molar-refractivity contribution in [2.75, 3.05) is 41.8 Å². The van der Waals surface area contributed by atoms with Crippen molar-refractivity contribution in [3.63, 3.8) is 0 Å². The van der Waals surface area contributed by atoms with Crippen molar-refractivity contribution in [1.82, 2.24) is 10.3 Å². The van der Waals surface area contributed by atoms with Crippen LogP contribution < -0.4 is 20.9 Å². The van der Waals surface area contributed by atoms with Gasteiger partial charge in [0, 0.05) is 49.7 Å². The van der Waals surface area contributed by atoms with Gasteiger partial charge in [-0.25, -0.2) is 9.78 Å². The lowest BCUT2D eigenvalue weighted by Crippen LogP contribution is -2.38. The highest BCUT2D eigenvalue weighted by Crippen LogP contribution is 2.18. The predicted molar refractivity (Wildman–Crippen MR) is 104 cm³/mol. The van der Waals surface area contributed by atoms with Crippen LogP contribution in [0.15, 0.2) is 42.6 Å². The van der Waals surface area contributed by atoms with Gasteiger partial charge in [0.2, 0.25) is 5.91 Å². The van der Waals surface area contributed by atoms with Crippen LogP contribution in [0.3, 0.4) is 0 Å². The molecule has 8 heteroatoms. The van der Waals surface area contributed by atoms with E-state index in [9.17, 15) is 9.59 Å². The van der Waals surface area contributed by atoms with Crippen LogP contribution in [0.25, 0.3) is 0 Å². The molecule has 1 aliphatic rings. The van der Waals surface area contributed by atoms with Gasteiger partial charge >= 0.3 is 6.03 Å². The molecule has 1 aromatic heterocycles. The number of amides is 3. The summed E-state index contributed by atoms with van der Waals surface area (Å²) in [6, 6.07) is 10.5. The van der Waals surface area contributed by atoms with E-state index in [1.807, 2.05) is 12.1 Å². The van der Waals surface area contributed by atoms with E-state index in [4.69, 9.17) is 4.74 Å². The van der Waals surface area contributed by atoms with E-state index in [0.717, 1.165) is 24.5 Å². The van der Waals surface area contributed by atoms with Gasteiger partial charge in [-0.2, -0.15) is 0 Å². The maximum atomic E-state index is 12.2. The molecule has 0 unspecified atom stereocenters. The second kappa shape index (κ2) is 9.00. The first-order chi connectivity index (χ1) is 13.1. The number of carbonyl (C=O) groups is 2. The molecule has 27 heavy (non-hydrogen) atoms. The minimum absolute atomic E-state index is 0.163. The van der Waals surface area contributed by atoms with Crippen molar-refractivity contribution in [2.24, 2.45) is 0 Å². The third-order valence-electron chi connectivity index (χ3n) is 4.06. The van der Waals surface area contributed by atoms with Gasteiger partial charge in [-0.05, 0) is 24.3 Å². The molecule has 0 bridgehead atoms. The first-order valence-corrected chi connectivity index (χ1v) is 8.81. The zero-order valence-electron chi connectivity index (χ0n) is 15.2. The smallest absolute Gasteiger partial charge is 0.319 e. The predicted octanol–water partition coefficient (Wildman–Crippen LogP) is 2.20. The molecule has 0 atom stereocenters. The number of hydrogen-bond donors (Lipinski definition) is 3. The quantitative estimate of drug-likeness (QED) is 0.751. The number of nitrogens with one attached hydrogen (secondary N) is 3. The Kier molecular flexibility index (Phi) is 6.22. The van der Waals surface area contributed by atoms with E-state index in [-0.39, 0.29) is 11.9 Å². The Bertz CT molecular complexity index is 805. The average Bonchev–Trinajstić information content (AvgIpc) is 2.67. The lowest BCUT2D eigenvalue weighted by Gasteiger charge is -2.29. The molecule has 0 aliphatic carbocycles. The Morgan fingerprint density at radius 2 is 1.85 bits per heavy atom. The highest BCUT2D eigenvalue weighted by Gasteiger charge is 2.16. The van der Waals surface area contributed by atoms with Gasteiger partial charge in [-0.15, -0.1) is 0 Å². The van der Waals surface area contributed by atoms with Crippen molar-refractivity contribution in [1.29, 1.82) is 0 Å². The van der Waals surface area contributed by atoms with Crippen LogP contribution in [0.1, 0.15) is 12.5 Å². The van der Waals surface area contributed by atoms with Gasteiger partial charge in [0.1, 0.15) is 5.82 Å². The zero-order chi connectivity index (χ0) is 19.1. The van der Waals surface area contributed by atoms with Crippen molar-refractivity contribution in [3.05, 3.63) is 48.2 Å². The number of ether oxygens (including phenoxy) is 1. The first-order valence-electron chi connectivity index (χ1n) is 8.81. The molecule has 0 spiro atoms. The maximum absolute atomic E-state index is 12.2. The van der Waals surface area contributed by atoms with E-state index in [1.54, 1.807) is 30.5 Å². The number of anilines is 3. The van der Waals surface area contributed by atoms with E-state index in [0.29, 0.717) is 31.1 Å². The number of aromatic nitrogens is 1. The van der Waals surface area contributed by atoms with E-state index in [2.05, 4.69) is 25.8 Å².